The number of likely N-dealkylation sites (N-methyl/N-ethyl adjacent to an activating group) is 3. The lowest BCUT2D eigenvalue weighted by atomic mass is 9.81. The molecule has 11 amide bonds. The molecule has 8 N–H and O–H groups in total. The molecule has 0 bridgehead atoms. The van der Waals surface area contributed by atoms with Crippen molar-refractivity contribution >= 4 is 81.9 Å². The van der Waals surface area contributed by atoms with Crippen molar-refractivity contribution in [3.8, 4) is 11.4 Å². The summed E-state index contributed by atoms with van der Waals surface area (Å²) in [4.78, 5) is 168. The molecule has 0 radical (unpaired) electrons. The molecule has 2 aromatic carbocycles. The molecule has 0 saturated carbocycles. The number of imide groups is 1. The van der Waals surface area contributed by atoms with Crippen LogP contribution in [0.5, 0.6) is 0 Å². The van der Waals surface area contributed by atoms with Crippen LogP contribution in [0, 0.1) is 18.7 Å². The largest absolute Gasteiger partial charge is 0.458 e. The van der Waals surface area contributed by atoms with Gasteiger partial charge < -0.3 is 66.2 Å². The molecular weight excluding hydrogens is 1180 g/mol. The molecule has 2 aromatic heterocycles. The number of aromatic nitrogens is 2. The van der Waals surface area contributed by atoms with Gasteiger partial charge in [0.1, 0.15) is 31.1 Å². The number of rotatable bonds is 26. The molecule has 4 aliphatic rings. The van der Waals surface area contributed by atoms with Gasteiger partial charge >= 0.3 is 18.1 Å². The van der Waals surface area contributed by atoms with Gasteiger partial charge in [-0.1, -0.05) is 39.3 Å². The third-order valence-electron chi connectivity index (χ3n) is 17.1. The van der Waals surface area contributed by atoms with Gasteiger partial charge in [0, 0.05) is 100 Å². The second-order valence-electron chi connectivity index (χ2n) is 23.7. The van der Waals surface area contributed by atoms with Crippen LogP contribution in [-0.4, -0.2) is 159 Å². The first kappa shape index (κ1) is 67.3. The van der Waals surface area contributed by atoms with Gasteiger partial charge in [0.05, 0.1) is 48.1 Å². The quantitative estimate of drug-likeness (QED) is 0.0238. The number of nitrogens with zero attached hydrogens (tertiary/aromatic N) is 6. The third-order valence-corrected chi connectivity index (χ3v) is 17.1. The fraction of sp³-hybridized carbons (Fsp3) is 0.476. The number of fused-ring (bicyclic) bond motifs is 5. The monoisotopic (exact) mass is 1260 g/mol. The summed E-state index contributed by atoms with van der Waals surface area (Å²) in [7, 11) is 4.33. The number of esters is 1. The molecule has 5 heterocycles. The van der Waals surface area contributed by atoms with Crippen molar-refractivity contribution in [3.63, 3.8) is 0 Å². The molecule has 0 unspecified atom stereocenters. The van der Waals surface area contributed by atoms with Crippen molar-refractivity contribution in [2.24, 2.45) is 11.7 Å². The maximum Gasteiger partial charge on any atom is 0.407 e. The Kier molecular flexibility index (Phi) is 21.1. The molecule has 91 heavy (non-hydrogen) atoms. The zero-order valence-corrected chi connectivity index (χ0v) is 52.2. The van der Waals surface area contributed by atoms with Crippen molar-refractivity contribution in [1.82, 2.24) is 50.4 Å². The van der Waals surface area contributed by atoms with E-state index >= 15 is 4.39 Å². The van der Waals surface area contributed by atoms with Crippen LogP contribution in [0.3, 0.4) is 0 Å². The number of cyclic esters (lactones) is 1. The topological polar surface area (TPSA) is 360 Å². The summed E-state index contributed by atoms with van der Waals surface area (Å²) < 4.78 is 28.5. The van der Waals surface area contributed by atoms with E-state index in [0.29, 0.717) is 58.9 Å². The number of hydrogen-bond donors (Lipinski definition) is 7. The molecule has 486 valence electrons. The van der Waals surface area contributed by atoms with Gasteiger partial charge in [-0.05, 0) is 92.2 Å². The van der Waals surface area contributed by atoms with E-state index in [1.165, 1.54) is 72.8 Å². The van der Waals surface area contributed by atoms with Gasteiger partial charge in [0.15, 0.2) is 5.60 Å². The van der Waals surface area contributed by atoms with Crippen LogP contribution in [0.25, 0.3) is 22.3 Å². The van der Waals surface area contributed by atoms with E-state index in [1.807, 2.05) is 0 Å². The average Bonchev–Trinajstić information content (AvgIpc) is 1.62. The van der Waals surface area contributed by atoms with Crippen molar-refractivity contribution in [2.45, 2.75) is 142 Å². The molecule has 4 aromatic rings. The summed E-state index contributed by atoms with van der Waals surface area (Å²) >= 11 is 0. The minimum atomic E-state index is -2.12. The molecule has 0 fully saturated rings. The summed E-state index contributed by atoms with van der Waals surface area (Å²) in [5.74, 6) is -6.03. The number of nitrogens with two attached hydrogens (primary N) is 1. The van der Waals surface area contributed by atoms with Crippen LogP contribution < -0.4 is 37.9 Å². The Morgan fingerprint density at radius 2 is 1.60 bits per heavy atom. The number of halogens is 1. The minimum Gasteiger partial charge on any atom is -0.458 e. The highest BCUT2D eigenvalue weighted by molar-refractivity contribution is 6.13. The molecule has 3 aliphatic heterocycles. The molecule has 8 rings (SSSR count). The third kappa shape index (κ3) is 14.9. The predicted molar refractivity (Wildman–Crippen MR) is 326 cm³/mol. The van der Waals surface area contributed by atoms with Crippen LogP contribution >= 0.6 is 0 Å². The number of aryl methyl sites for hydroxylation is 1. The van der Waals surface area contributed by atoms with Crippen LogP contribution in [0.1, 0.15) is 130 Å². The number of unbranched alkanes of at least 4 members (excludes halogenated alkanes) is 2. The molecule has 27 nitrogen and oxygen atoms in total. The second kappa shape index (κ2) is 28.5. The first-order chi connectivity index (χ1) is 43.1. The van der Waals surface area contributed by atoms with E-state index in [1.54, 1.807) is 39.8 Å². The summed E-state index contributed by atoms with van der Waals surface area (Å²) in [5.41, 5.74) is 6.37. The highest BCUT2D eigenvalue weighted by atomic mass is 19.1. The van der Waals surface area contributed by atoms with E-state index in [0.717, 1.165) is 9.80 Å². The number of primary amides is 1. The van der Waals surface area contributed by atoms with Crippen LogP contribution in [-0.2, 0) is 90.9 Å². The van der Waals surface area contributed by atoms with Crippen molar-refractivity contribution in [3.05, 3.63) is 103 Å². The maximum atomic E-state index is 15.8. The summed E-state index contributed by atoms with van der Waals surface area (Å²) in [6.45, 7) is 6.33. The van der Waals surface area contributed by atoms with E-state index in [-0.39, 0.29) is 117 Å². The summed E-state index contributed by atoms with van der Waals surface area (Å²) in [5, 5.41) is 25.9. The Hall–Kier alpha value is -9.60. The lowest BCUT2D eigenvalue weighted by Crippen LogP contribution is -2.54. The number of benzene rings is 2. The number of nitrogens with one attached hydrogen (secondary N) is 5. The van der Waals surface area contributed by atoms with Gasteiger partial charge in [0.25, 0.3) is 17.4 Å². The molecule has 1 aliphatic carbocycles. The zero-order chi connectivity index (χ0) is 66.3. The molecule has 0 spiro atoms. The molecular formula is C63H77FN12O15. The van der Waals surface area contributed by atoms with Gasteiger partial charge in [-0.2, -0.15) is 0 Å². The number of carbonyl (C=O) groups is 11. The number of pyridine rings is 2. The maximum absolute atomic E-state index is 15.8. The zero-order valence-electron chi connectivity index (χ0n) is 52.2. The fourth-order valence-corrected chi connectivity index (χ4v) is 11.7. The van der Waals surface area contributed by atoms with Gasteiger partial charge in [-0.15, -0.1) is 0 Å². The van der Waals surface area contributed by atoms with E-state index < -0.39 is 114 Å². The number of carbonyl (C=O) groups excluding carboxylic acids is 11. The number of anilines is 1. The van der Waals surface area contributed by atoms with Crippen LogP contribution in [0.15, 0.2) is 47.3 Å². The minimum absolute atomic E-state index is 0.0132. The number of alkyl carbamates (subject to hydrolysis) is 1. The molecule has 4 atom stereocenters. The van der Waals surface area contributed by atoms with Crippen LogP contribution in [0.4, 0.5) is 19.7 Å². The Morgan fingerprint density at radius 3 is 2.29 bits per heavy atom. The Bertz CT molecular complexity index is 3720. The molecule has 28 heteroatoms. The SMILES string of the molecule is CC[C@@]1(O)C(=O)OCc2c1cc1n(c2=O)Cc2c-1nc1cc(F)c(C)c3c1c2[C@@H](NC(=O)OCc1c(CN(C)C(=O)CN(C)C(=O)CN(C)C(C)=O)cccc1NC(=O)[C@H](CCCNC(N)=O)NC(=O)[C@@H](NC(=O)CCCCCN1C(=O)C=CC1=O)C(C)C)CC3. The lowest BCUT2D eigenvalue weighted by Gasteiger charge is -2.31. The number of aliphatic hydroxyl groups is 1. The Balaban J connectivity index is 1.06. The fourth-order valence-electron chi connectivity index (χ4n) is 11.7. The van der Waals surface area contributed by atoms with Gasteiger partial charge in [0.2, 0.25) is 35.4 Å². The lowest BCUT2D eigenvalue weighted by molar-refractivity contribution is -0.172. The second-order valence-corrected chi connectivity index (χ2v) is 23.7. The standard InChI is InChI=1S/C63H77FN12O15/c1-9-63(89)41-25-47-56-38(28-76(47)59(85)40(41)32-90-60(63)86)54-44(20-19-37-34(4)42(64)26-46(67-56)53(37)54)70-62(88)91-31-39-36(27-73(7)52(82)30-74(8)51(81)29-72(6)35(5)77)15-13-16-43(39)68-57(83)45(17-14-23-66-61(65)87)69-58(84)55(33(2)3)71-48(78)18-11-10-12-24-75-49(79)21-22-50(75)80/h13,15-16,21-22,25-26,33,44-45,55,89H,9-12,14,17-20,23-24,27-32H2,1-8H3,(H,68,83)(H,69,84)(H,70,88)(H,71,78)(H3,65,66,87)/t44-,45-,55-,63-/m0/s1. The smallest absolute Gasteiger partial charge is 0.407 e. The Labute approximate surface area is 523 Å². The first-order valence-electron chi connectivity index (χ1n) is 30.2. The highest BCUT2D eigenvalue weighted by Gasteiger charge is 2.46. The number of hydrogen-bond acceptors (Lipinski definition) is 16. The summed E-state index contributed by atoms with van der Waals surface area (Å²) in [6.07, 6.45) is 3.30. The van der Waals surface area contributed by atoms with Crippen molar-refractivity contribution < 1.29 is 71.7 Å². The van der Waals surface area contributed by atoms with Crippen molar-refractivity contribution in [2.75, 3.05) is 52.6 Å². The Morgan fingerprint density at radius 1 is 0.901 bits per heavy atom. The number of urea groups is 1. The average molecular weight is 1260 g/mol. The predicted octanol–water partition coefficient (Wildman–Crippen LogP) is 2.83. The van der Waals surface area contributed by atoms with E-state index in [9.17, 15) is 62.6 Å². The van der Waals surface area contributed by atoms with Gasteiger partial charge in [-0.25, -0.2) is 23.8 Å². The normalized spacial score (nSPS) is 16.7. The molecule has 0 saturated heterocycles. The number of ether oxygens (including phenoxy) is 2. The van der Waals surface area contributed by atoms with E-state index in [2.05, 4.69) is 26.6 Å². The van der Waals surface area contributed by atoms with Crippen molar-refractivity contribution in [1.29, 1.82) is 0 Å². The summed E-state index contributed by atoms with van der Waals surface area (Å²) in [6, 6.07) is 3.43. The highest BCUT2D eigenvalue weighted by Crippen LogP contribution is 2.46. The van der Waals surface area contributed by atoms with Crippen LogP contribution in [0.2, 0.25) is 0 Å². The van der Waals surface area contributed by atoms with E-state index in [4.69, 9.17) is 20.2 Å². The van der Waals surface area contributed by atoms with Gasteiger partial charge in [-0.3, -0.25) is 48.1 Å². The first-order valence-corrected chi connectivity index (χ1v) is 30.2. The number of amides is 11.